The zero-order chi connectivity index (χ0) is 24.7. The number of piperazine rings is 1. The van der Waals surface area contributed by atoms with Gasteiger partial charge < -0.3 is 9.32 Å². The Morgan fingerprint density at radius 3 is 1.91 bits per heavy atom. The molecule has 3 heterocycles. The maximum Gasteiger partial charge on any atom is 0.416 e. The van der Waals surface area contributed by atoms with Crippen LogP contribution in [0.5, 0.6) is 0 Å². The molecule has 1 aromatic carbocycles. The number of furan rings is 1. The maximum atomic E-state index is 13.1. The predicted molar refractivity (Wildman–Crippen MR) is 107 cm³/mol. The summed E-state index contributed by atoms with van der Waals surface area (Å²) in [5.74, 6) is 0.944. The van der Waals surface area contributed by atoms with Crippen molar-refractivity contribution in [3.8, 4) is 11.5 Å². The zero-order valence-electron chi connectivity index (χ0n) is 17.1. The van der Waals surface area contributed by atoms with E-state index in [1.54, 1.807) is 29.2 Å². The number of alkyl halides is 6. The summed E-state index contributed by atoms with van der Waals surface area (Å²) in [4.78, 5) is 0.642. The Balaban J connectivity index is 1.53. The summed E-state index contributed by atoms with van der Waals surface area (Å²) in [6.07, 6.45) is -8.82. The first-order valence-corrected chi connectivity index (χ1v) is 11.2. The molecule has 14 heteroatoms. The van der Waals surface area contributed by atoms with E-state index in [-0.39, 0.29) is 44.4 Å². The van der Waals surface area contributed by atoms with Crippen molar-refractivity contribution in [2.24, 2.45) is 0 Å². The van der Waals surface area contributed by atoms with Gasteiger partial charge in [-0.1, -0.05) is 0 Å². The summed E-state index contributed by atoms with van der Waals surface area (Å²) >= 11 is 0. The van der Waals surface area contributed by atoms with Gasteiger partial charge in [-0.05, 0) is 42.5 Å². The quantitative estimate of drug-likeness (QED) is 0.492. The minimum absolute atomic E-state index is 0.109. The van der Waals surface area contributed by atoms with Gasteiger partial charge in [-0.15, -0.1) is 10.2 Å². The fourth-order valence-corrected chi connectivity index (χ4v) is 4.93. The largest absolute Gasteiger partial charge is 0.463 e. The van der Waals surface area contributed by atoms with Crippen molar-refractivity contribution in [3.63, 3.8) is 0 Å². The first-order valence-electron chi connectivity index (χ1n) is 9.78. The van der Waals surface area contributed by atoms with E-state index in [1.807, 2.05) is 0 Å². The van der Waals surface area contributed by atoms with E-state index in [4.69, 9.17) is 4.42 Å². The van der Waals surface area contributed by atoms with Gasteiger partial charge in [-0.3, -0.25) is 0 Å². The van der Waals surface area contributed by atoms with Gasteiger partial charge in [0.05, 0.1) is 22.3 Å². The Kier molecular flexibility index (Phi) is 6.06. The lowest BCUT2D eigenvalue weighted by Gasteiger charge is -2.34. The van der Waals surface area contributed by atoms with E-state index in [1.165, 1.54) is 6.26 Å². The summed E-state index contributed by atoms with van der Waals surface area (Å²) in [6, 6.07) is 7.02. The second-order valence-corrected chi connectivity index (χ2v) is 9.32. The zero-order valence-corrected chi connectivity index (χ0v) is 18.0. The van der Waals surface area contributed by atoms with Crippen LogP contribution < -0.4 is 4.90 Å². The van der Waals surface area contributed by atoms with Crippen molar-refractivity contribution in [2.75, 3.05) is 31.1 Å². The van der Waals surface area contributed by atoms with Gasteiger partial charge in [0.15, 0.2) is 11.6 Å². The van der Waals surface area contributed by atoms with Gasteiger partial charge in [-0.2, -0.15) is 30.6 Å². The maximum absolute atomic E-state index is 13.1. The Hall–Kier alpha value is -3.13. The van der Waals surface area contributed by atoms with Gasteiger partial charge in [-0.25, -0.2) is 8.42 Å². The van der Waals surface area contributed by atoms with Crippen LogP contribution >= 0.6 is 0 Å². The topological polar surface area (TPSA) is 79.5 Å². The minimum Gasteiger partial charge on any atom is -0.463 e. The molecule has 182 valence electrons. The van der Waals surface area contributed by atoms with E-state index in [0.29, 0.717) is 17.3 Å². The molecule has 7 nitrogen and oxygen atoms in total. The smallest absolute Gasteiger partial charge is 0.416 e. The third-order valence-electron chi connectivity index (χ3n) is 5.19. The van der Waals surface area contributed by atoms with Gasteiger partial charge in [0, 0.05) is 26.2 Å². The molecule has 0 aliphatic carbocycles. The number of hydrogen-bond acceptors (Lipinski definition) is 6. The van der Waals surface area contributed by atoms with Crippen molar-refractivity contribution in [2.45, 2.75) is 17.2 Å². The van der Waals surface area contributed by atoms with E-state index in [0.717, 1.165) is 4.31 Å². The Morgan fingerprint density at radius 1 is 0.824 bits per heavy atom. The third-order valence-corrected chi connectivity index (χ3v) is 7.06. The Bertz CT molecular complexity index is 1220. The Labute approximate surface area is 189 Å². The number of aromatic nitrogens is 2. The van der Waals surface area contributed by atoms with E-state index >= 15 is 0 Å². The van der Waals surface area contributed by atoms with Crippen LogP contribution in [0.25, 0.3) is 11.5 Å². The van der Waals surface area contributed by atoms with E-state index in [9.17, 15) is 34.8 Å². The highest BCUT2D eigenvalue weighted by Crippen LogP contribution is 2.38. The third kappa shape index (κ3) is 4.87. The lowest BCUT2D eigenvalue weighted by molar-refractivity contribution is -0.143. The fraction of sp³-hybridized carbons (Fsp3) is 0.300. The molecule has 0 unspecified atom stereocenters. The fourth-order valence-electron chi connectivity index (χ4n) is 3.43. The summed E-state index contributed by atoms with van der Waals surface area (Å²) < 4.78 is 111. The van der Waals surface area contributed by atoms with Crippen LogP contribution in [-0.4, -0.2) is 49.1 Å². The van der Waals surface area contributed by atoms with Crippen LogP contribution in [0.2, 0.25) is 0 Å². The van der Waals surface area contributed by atoms with E-state index < -0.39 is 38.4 Å². The number of hydrogen-bond donors (Lipinski definition) is 0. The highest BCUT2D eigenvalue weighted by atomic mass is 32.2. The van der Waals surface area contributed by atoms with E-state index in [2.05, 4.69) is 10.2 Å². The highest BCUT2D eigenvalue weighted by Gasteiger charge is 2.39. The molecule has 1 aliphatic rings. The SMILES string of the molecule is O=S(=O)(c1cc(C(F)(F)F)cc(C(F)(F)F)c1)N1CCN(c2ccc(-c3ccco3)nn2)CC1. The second-order valence-electron chi connectivity index (χ2n) is 7.39. The van der Waals surface area contributed by atoms with Crippen molar-refractivity contribution in [1.29, 1.82) is 0 Å². The molecule has 1 fully saturated rings. The predicted octanol–water partition coefficient (Wildman–Crippen LogP) is 4.29. The van der Waals surface area contributed by atoms with Gasteiger partial charge in [0.1, 0.15) is 5.69 Å². The summed E-state index contributed by atoms with van der Waals surface area (Å²) in [5, 5.41) is 8.13. The average molecular weight is 506 g/mol. The molecule has 3 aromatic rings. The molecule has 4 rings (SSSR count). The average Bonchev–Trinajstić information content (AvgIpc) is 3.33. The second kappa shape index (κ2) is 8.58. The molecule has 0 saturated carbocycles. The first-order chi connectivity index (χ1) is 15.9. The normalized spacial score (nSPS) is 16.1. The number of rotatable bonds is 4. The molecule has 1 aliphatic heterocycles. The highest BCUT2D eigenvalue weighted by molar-refractivity contribution is 7.89. The summed E-state index contributed by atoms with van der Waals surface area (Å²) in [7, 11) is -4.61. The molecule has 0 N–H and O–H groups in total. The molecule has 0 bridgehead atoms. The molecule has 0 amide bonds. The van der Waals surface area contributed by atoms with Crippen LogP contribution in [0.15, 0.2) is 58.0 Å². The summed E-state index contributed by atoms with van der Waals surface area (Å²) in [6.45, 7) is -0.110. The van der Waals surface area contributed by atoms with Gasteiger partial charge in [0.25, 0.3) is 0 Å². The van der Waals surface area contributed by atoms with Crippen LogP contribution in [0.4, 0.5) is 32.2 Å². The lowest BCUT2D eigenvalue weighted by Crippen LogP contribution is -2.49. The number of halogens is 6. The van der Waals surface area contributed by atoms with Crippen molar-refractivity contribution >= 4 is 15.8 Å². The number of benzene rings is 1. The van der Waals surface area contributed by atoms with Crippen LogP contribution in [-0.2, 0) is 22.4 Å². The standard InChI is InChI=1S/C20H16F6N4O3S/c21-19(22,23)13-10-14(20(24,25)26)12-15(11-13)34(31,32)30-7-5-29(6-8-30)18-4-3-16(27-28-18)17-2-1-9-33-17/h1-4,9-12H,5-8H2. The van der Waals surface area contributed by atoms with Crippen LogP contribution in [0.3, 0.4) is 0 Å². The van der Waals surface area contributed by atoms with Crippen molar-refractivity contribution in [1.82, 2.24) is 14.5 Å². The number of anilines is 1. The van der Waals surface area contributed by atoms with Crippen LogP contribution in [0, 0.1) is 0 Å². The molecule has 34 heavy (non-hydrogen) atoms. The molecular weight excluding hydrogens is 490 g/mol. The molecular formula is C20H16F6N4O3S. The molecule has 0 radical (unpaired) electrons. The lowest BCUT2D eigenvalue weighted by atomic mass is 10.1. The van der Waals surface area contributed by atoms with Crippen molar-refractivity contribution in [3.05, 3.63) is 59.9 Å². The van der Waals surface area contributed by atoms with Crippen LogP contribution in [0.1, 0.15) is 11.1 Å². The van der Waals surface area contributed by atoms with Crippen molar-refractivity contribution < 1.29 is 39.2 Å². The van der Waals surface area contributed by atoms with Gasteiger partial charge in [0.2, 0.25) is 10.0 Å². The van der Waals surface area contributed by atoms with Gasteiger partial charge >= 0.3 is 12.4 Å². The molecule has 0 atom stereocenters. The molecule has 2 aromatic heterocycles. The monoisotopic (exact) mass is 506 g/mol. The number of nitrogens with zero attached hydrogens (tertiary/aromatic N) is 4. The Morgan fingerprint density at radius 2 is 1.44 bits per heavy atom. The summed E-state index contributed by atoms with van der Waals surface area (Å²) in [5.41, 5.74) is -2.89. The first kappa shape index (κ1) is 24.0. The molecule has 1 saturated heterocycles. The number of sulfonamides is 1. The minimum atomic E-state index is -5.15. The molecule has 0 spiro atoms.